The van der Waals surface area contributed by atoms with Crippen molar-refractivity contribution in [1.82, 2.24) is 0 Å². The first-order valence-electron chi connectivity index (χ1n) is 2.37. The van der Waals surface area contributed by atoms with Crippen molar-refractivity contribution in [3.63, 3.8) is 0 Å². The van der Waals surface area contributed by atoms with E-state index in [1.54, 1.807) is 0 Å². The minimum atomic E-state index is -0.116. The molecule has 0 aliphatic carbocycles. The molecule has 0 radical (unpaired) electrons. The summed E-state index contributed by atoms with van der Waals surface area (Å²) in [4.78, 5) is 3.93. The van der Waals surface area contributed by atoms with Gasteiger partial charge in [-0.3, -0.25) is 0 Å². The molecule has 2 heteroatoms. The Bertz CT molecular complexity index is 109. The van der Waals surface area contributed by atoms with Crippen LogP contribution in [-0.2, 0) is 0 Å². The van der Waals surface area contributed by atoms with E-state index >= 15 is 0 Å². The van der Waals surface area contributed by atoms with Gasteiger partial charge in [-0.15, -0.1) is 0 Å². The molecular weight excluding hydrogens is 208 g/mol. The van der Waals surface area contributed by atoms with E-state index in [9.17, 15) is 0 Å². The number of rotatable bonds is 0. The van der Waals surface area contributed by atoms with Gasteiger partial charge in [0.2, 0.25) is 0 Å². The fourth-order valence-corrected chi connectivity index (χ4v) is 1.67. The normalized spacial score (nSPS) is 16.0. The molecule has 1 rings (SSSR count). The second-order valence-corrected chi connectivity index (χ2v) is 3.83. The van der Waals surface area contributed by atoms with E-state index in [0.717, 1.165) is 0 Å². The quantitative estimate of drug-likeness (QED) is 0.523. The standard InChI is InChI=1S/C6H6N.Sb/c1-3-5-7-6-4-2;/h1-6H;. The van der Waals surface area contributed by atoms with Crippen LogP contribution in [0.2, 0.25) is 0 Å². The van der Waals surface area contributed by atoms with Gasteiger partial charge in [0.1, 0.15) is 0 Å². The van der Waals surface area contributed by atoms with Crippen molar-refractivity contribution in [2.24, 2.45) is 4.99 Å². The molecule has 0 atom stereocenters. The first-order valence-corrected chi connectivity index (χ1v) is 5.31. The van der Waals surface area contributed by atoms with Crippen molar-refractivity contribution in [2.75, 3.05) is 0 Å². The van der Waals surface area contributed by atoms with Crippen molar-refractivity contribution in [3.8, 4) is 0 Å². The fraction of sp³-hybridized carbons (Fsp3) is 0. The van der Waals surface area contributed by atoms with E-state index in [2.05, 4.69) is 13.0 Å². The molecular formula is C6H6NSb. The van der Waals surface area contributed by atoms with Crippen LogP contribution >= 0.6 is 0 Å². The molecule has 0 aromatic heterocycles. The van der Waals surface area contributed by atoms with E-state index in [1.807, 2.05) is 24.6 Å². The van der Waals surface area contributed by atoms with Crippen LogP contribution < -0.4 is 0 Å². The molecule has 0 bridgehead atoms. The second-order valence-electron chi connectivity index (χ2n) is 1.28. The Hall–Kier alpha value is -0.162. The number of aliphatic imine (C=N–C) groups is 1. The Morgan fingerprint density at radius 2 is 2.25 bits per heavy atom. The molecule has 1 aliphatic rings. The molecule has 0 fully saturated rings. The number of allylic oxidation sites excluding steroid dienone is 2. The first kappa shape index (κ1) is 5.97. The zero-order chi connectivity index (χ0) is 5.66. The second kappa shape index (κ2) is 3.79. The molecule has 0 spiro atoms. The average molecular weight is 214 g/mol. The molecule has 0 aromatic carbocycles. The van der Waals surface area contributed by atoms with Gasteiger partial charge in [-0.2, -0.15) is 0 Å². The molecule has 0 saturated carbocycles. The van der Waals surface area contributed by atoms with Crippen LogP contribution in [0.3, 0.4) is 0 Å². The van der Waals surface area contributed by atoms with Gasteiger partial charge in [0, 0.05) is 0 Å². The Labute approximate surface area is 58.8 Å². The monoisotopic (exact) mass is 213 g/mol. The van der Waals surface area contributed by atoms with E-state index in [1.165, 1.54) is 0 Å². The molecule has 0 aromatic rings. The molecule has 1 nitrogen and oxygen atoms in total. The fourth-order valence-electron chi connectivity index (χ4n) is 0.375. The summed E-state index contributed by atoms with van der Waals surface area (Å²) in [6.07, 6.45) is 7.66. The van der Waals surface area contributed by atoms with E-state index in [4.69, 9.17) is 0 Å². The van der Waals surface area contributed by atoms with Gasteiger partial charge in [-0.25, -0.2) is 0 Å². The van der Waals surface area contributed by atoms with Gasteiger partial charge in [0.15, 0.2) is 0 Å². The van der Waals surface area contributed by atoms with Gasteiger partial charge < -0.3 is 0 Å². The van der Waals surface area contributed by atoms with Crippen molar-refractivity contribution in [3.05, 3.63) is 22.4 Å². The van der Waals surface area contributed by atoms with Crippen LogP contribution in [-0.4, -0.2) is 31.3 Å². The summed E-state index contributed by atoms with van der Waals surface area (Å²) in [6, 6.07) is 0. The van der Waals surface area contributed by atoms with Gasteiger partial charge in [-0.05, 0) is 0 Å². The van der Waals surface area contributed by atoms with Crippen LogP contribution in [0.4, 0.5) is 0 Å². The molecule has 0 amide bonds. The molecule has 1 aliphatic heterocycles. The van der Waals surface area contributed by atoms with Crippen LogP contribution in [0.25, 0.3) is 0 Å². The van der Waals surface area contributed by atoms with Crippen molar-refractivity contribution < 1.29 is 0 Å². The number of hydrogen-bond acceptors (Lipinski definition) is 1. The Kier molecular flexibility index (Phi) is 2.83. The third-order valence-electron chi connectivity index (χ3n) is 0.689. The first-order chi connectivity index (χ1) is 4.00. The third kappa shape index (κ3) is 2.22. The molecule has 0 N–H and O–H groups in total. The van der Waals surface area contributed by atoms with Crippen molar-refractivity contribution in [1.29, 1.82) is 0 Å². The van der Waals surface area contributed by atoms with E-state index < -0.39 is 0 Å². The molecule has 0 unspecified atom stereocenters. The Morgan fingerprint density at radius 3 is 3.25 bits per heavy atom. The molecule has 40 valence electrons. The summed E-state index contributed by atoms with van der Waals surface area (Å²) >= 11 is -0.116. The van der Waals surface area contributed by atoms with Crippen molar-refractivity contribution in [2.45, 2.75) is 0 Å². The summed E-state index contributed by atoms with van der Waals surface area (Å²) in [5.74, 6) is 0. The maximum atomic E-state index is 3.93. The predicted molar refractivity (Wildman–Crippen MR) is 38.6 cm³/mol. The van der Waals surface area contributed by atoms with Gasteiger partial charge in [0.25, 0.3) is 0 Å². The SMILES string of the molecule is C1=CN=CC=[CH][Sb]=[CH]1. The minimum absolute atomic E-state index is 0.116. The summed E-state index contributed by atoms with van der Waals surface area (Å²) in [5.41, 5.74) is 0. The summed E-state index contributed by atoms with van der Waals surface area (Å²) in [6.45, 7) is 0. The Morgan fingerprint density at radius 1 is 1.25 bits per heavy atom. The summed E-state index contributed by atoms with van der Waals surface area (Å²) in [7, 11) is 0. The zero-order valence-corrected chi connectivity index (χ0v) is 6.91. The number of nitrogens with zero attached hydrogens (tertiary/aromatic N) is 1. The topological polar surface area (TPSA) is 12.4 Å². The van der Waals surface area contributed by atoms with Crippen LogP contribution in [0.5, 0.6) is 0 Å². The van der Waals surface area contributed by atoms with Crippen LogP contribution in [0.1, 0.15) is 0 Å². The van der Waals surface area contributed by atoms with Crippen LogP contribution in [0, 0.1) is 0 Å². The number of hydrogen-bond donors (Lipinski definition) is 0. The zero-order valence-electron chi connectivity index (χ0n) is 4.36. The van der Waals surface area contributed by atoms with Crippen LogP contribution in [0.15, 0.2) is 27.4 Å². The van der Waals surface area contributed by atoms with Gasteiger partial charge in [0.05, 0.1) is 0 Å². The molecule has 1 heterocycles. The Balaban J connectivity index is 2.67. The van der Waals surface area contributed by atoms with Crippen molar-refractivity contribution >= 4 is 31.3 Å². The predicted octanol–water partition coefficient (Wildman–Crippen LogP) is 0.605. The third-order valence-corrected chi connectivity index (χ3v) is 2.65. The van der Waals surface area contributed by atoms with E-state index in [0.29, 0.717) is 0 Å². The molecule has 8 heavy (non-hydrogen) atoms. The summed E-state index contributed by atoms with van der Waals surface area (Å²) < 4.78 is 4.42. The average Bonchev–Trinajstić information content (AvgIpc) is 1.62. The summed E-state index contributed by atoms with van der Waals surface area (Å²) in [5, 5.41) is 0. The maximum absolute atomic E-state index is 3.93. The van der Waals surface area contributed by atoms with E-state index in [-0.39, 0.29) is 21.1 Å². The van der Waals surface area contributed by atoms with Gasteiger partial charge >= 0.3 is 58.7 Å². The molecule has 0 saturated heterocycles. The van der Waals surface area contributed by atoms with Gasteiger partial charge in [-0.1, -0.05) is 0 Å².